The molecule has 1 aromatic rings. The monoisotopic (exact) mass is 373 g/mol. The van der Waals surface area contributed by atoms with Gasteiger partial charge in [-0.15, -0.1) is 0 Å². The summed E-state index contributed by atoms with van der Waals surface area (Å²) in [5, 5.41) is 9.76. The van der Waals surface area contributed by atoms with Crippen molar-refractivity contribution in [2.75, 3.05) is 13.1 Å². The number of halogens is 1. The first-order valence-electron chi connectivity index (χ1n) is 6.79. The Balaban J connectivity index is 2.35. The zero-order chi connectivity index (χ0) is 13.9. The van der Waals surface area contributed by atoms with Crippen molar-refractivity contribution < 1.29 is 9.90 Å². The number of likely N-dealkylation sites (tertiary alicyclic amines) is 1. The number of hydrogen-bond donors (Lipinski definition) is 1. The minimum absolute atomic E-state index is 0.754. The predicted octanol–water partition coefficient (Wildman–Crippen LogP) is 3.47. The third kappa shape index (κ3) is 3.11. The molecule has 1 N–H and O–H groups in total. The Morgan fingerprint density at radius 2 is 1.68 bits per heavy atom. The fourth-order valence-electron chi connectivity index (χ4n) is 2.73. The molecule has 1 aliphatic rings. The standard InChI is InChI=1S/C15H20INO2/c1-15(14(18)19,12-6-8-13(16)9-7-12)17-10-4-2-3-5-11-17/h6-9H,2-5,10-11H2,1H3,(H,18,19). The van der Waals surface area contributed by atoms with Gasteiger partial charge in [-0.25, -0.2) is 4.79 Å². The maximum absolute atomic E-state index is 11.9. The lowest BCUT2D eigenvalue weighted by molar-refractivity contribution is -0.151. The lowest BCUT2D eigenvalue weighted by atomic mass is 9.89. The number of benzene rings is 1. The lowest BCUT2D eigenvalue weighted by Gasteiger charge is -2.37. The summed E-state index contributed by atoms with van der Waals surface area (Å²) in [7, 11) is 0. The van der Waals surface area contributed by atoms with Crippen molar-refractivity contribution >= 4 is 28.6 Å². The molecule has 1 unspecified atom stereocenters. The van der Waals surface area contributed by atoms with Crippen LogP contribution < -0.4 is 0 Å². The number of carboxylic acid groups (broad SMARTS) is 1. The first-order valence-corrected chi connectivity index (χ1v) is 7.87. The zero-order valence-electron chi connectivity index (χ0n) is 11.2. The Labute approximate surface area is 128 Å². The van der Waals surface area contributed by atoms with E-state index in [2.05, 4.69) is 27.5 Å². The van der Waals surface area contributed by atoms with Crippen LogP contribution in [0, 0.1) is 3.57 Å². The topological polar surface area (TPSA) is 40.5 Å². The number of nitrogens with zero attached hydrogens (tertiary/aromatic N) is 1. The summed E-state index contributed by atoms with van der Waals surface area (Å²) in [6, 6.07) is 7.85. The minimum Gasteiger partial charge on any atom is -0.480 e. The Hall–Kier alpha value is -0.620. The second kappa shape index (κ2) is 6.22. The summed E-state index contributed by atoms with van der Waals surface area (Å²) in [4.78, 5) is 14.0. The van der Waals surface area contributed by atoms with Crippen molar-refractivity contribution in [2.24, 2.45) is 0 Å². The molecule has 0 aliphatic carbocycles. The summed E-state index contributed by atoms with van der Waals surface area (Å²) in [5.74, 6) is -0.754. The SMILES string of the molecule is CC(C(=O)O)(c1ccc(I)cc1)N1CCCCCC1. The molecule has 0 radical (unpaired) electrons. The third-order valence-corrected chi connectivity index (χ3v) is 4.78. The van der Waals surface area contributed by atoms with Gasteiger partial charge in [0.05, 0.1) is 0 Å². The van der Waals surface area contributed by atoms with E-state index >= 15 is 0 Å². The molecule has 2 rings (SSSR count). The molecule has 104 valence electrons. The highest BCUT2D eigenvalue weighted by atomic mass is 127. The summed E-state index contributed by atoms with van der Waals surface area (Å²) < 4.78 is 1.13. The molecule has 0 aromatic heterocycles. The smallest absolute Gasteiger partial charge is 0.328 e. The van der Waals surface area contributed by atoms with Gasteiger partial charge in [-0.3, -0.25) is 4.90 Å². The van der Waals surface area contributed by atoms with Crippen molar-refractivity contribution in [3.63, 3.8) is 0 Å². The summed E-state index contributed by atoms with van der Waals surface area (Å²) in [6.45, 7) is 3.58. The van der Waals surface area contributed by atoms with Gasteiger partial charge in [0, 0.05) is 3.57 Å². The summed E-state index contributed by atoms with van der Waals surface area (Å²) >= 11 is 2.24. The summed E-state index contributed by atoms with van der Waals surface area (Å²) in [6.07, 6.45) is 4.60. The van der Waals surface area contributed by atoms with Crippen molar-refractivity contribution in [2.45, 2.75) is 38.1 Å². The average Bonchev–Trinajstić information content (AvgIpc) is 2.67. The second-order valence-electron chi connectivity index (χ2n) is 5.29. The molecule has 1 atom stereocenters. The Morgan fingerprint density at radius 1 is 1.16 bits per heavy atom. The molecule has 0 saturated carbocycles. The van der Waals surface area contributed by atoms with Crippen LogP contribution in [0.25, 0.3) is 0 Å². The van der Waals surface area contributed by atoms with E-state index < -0.39 is 11.5 Å². The van der Waals surface area contributed by atoms with Crippen molar-refractivity contribution in [1.82, 2.24) is 4.90 Å². The molecule has 1 aliphatic heterocycles. The van der Waals surface area contributed by atoms with E-state index in [9.17, 15) is 9.90 Å². The largest absolute Gasteiger partial charge is 0.480 e. The highest BCUT2D eigenvalue weighted by Gasteiger charge is 2.41. The van der Waals surface area contributed by atoms with Crippen LogP contribution in [0.3, 0.4) is 0 Å². The van der Waals surface area contributed by atoms with E-state index in [4.69, 9.17) is 0 Å². The van der Waals surface area contributed by atoms with E-state index in [1.54, 1.807) is 0 Å². The number of carboxylic acids is 1. The van der Waals surface area contributed by atoms with Gasteiger partial charge in [-0.1, -0.05) is 25.0 Å². The van der Waals surface area contributed by atoms with Crippen LogP contribution in [-0.2, 0) is 10.3 Å². The molecule has 1 saturated heterocycles. The molecular weight excluding hydrogens is 353 g/mol. The van der Waals surface area contributed by atoms with Gasteiger partial charge in [0.2, 0.25) is 0 Å². The van der Waals surface area contributed by atoms with Crippen LogP contribution in [0.4, 0.5) is 0 Å². The molecule has 1 heterocycles. The van der Waals surface area contributed by atoms with Crippen molar-refractivity contribution in [3.8, 4) is 0 Å². The number of rotatable bonds is 3. The Bertz CT molecular complexity index is 438. The molecule has 0 spiro atoms. The van der Waals surface area contributed by atoms with Gasteiger partial charge in [0.1, 0.15) is 5.54 Å². The first-order chi connectivity index (χ1) is 9.05. The van der Waals surface area contributed by atoms with Gasteiger partial charge in [-0.05, 0) is 73.1 Å². The van der Waals surface area contributed by atoms with E-state index in [1.807, 2.05) is 31.2 Å². The van der Waals surface area contributed by atoms with Crippen LogP contribution in [0.15, 0.2) is 24.3 Å². The van der Waals surface area contributed by atoms with Gasteiger partial charge < -0.3 is 5.11 Å². The van der Waals surface area contributed by atoms with E-state index in [1.165, 1.54) is 12.8 Å². The Morgan fingerprint density at radius 3 is 2.16 bits per heavy atom. The van der Waals surface area contributed by atoms with Crippen LogP contribution in [0.5, 0.6) is 0 Å². The molecule has 4 heteroatoms. The van der Waals surface area contributed by atoms with Crippen LogP contribution in [0.2, 0.25) is 0 Å². The van der Waals surface area contributed by atoms with Gasteiger partial charge >= 0.3 is 5.97 Å². The molecule has 1 fully saturated rings. The van der Waals surface area contributed by atoms with Gasteiger partial charge in [0.15, 0.2) is 0 Å². The number of carbonyl (C=O) groups is 1. The fraction of sp³-hybridized carbons (Fsp3) is 0.533. The maximum atomic E-state index is 11.9. The maximum Gasteiger partial charge on any atom is 0.328 e. The molecule has 0 amide bonds. The zero-order valence-corrected chi connectivity index (χ0v) is 13.4. The number of aliphatic carboxylic acids is 1. The second-order valence-corrected chi connectivity index (χ2v) is 6.53. The molecule has 0 bridgehead atoms. The highest BCUT2D eigenvalue weighted by Crippen LogP contribution is 2.31. The lowest BCUT2D eigenvalue weighted by Crippen LogP contribution is -2.50. The van der Waals surface area contributed by atoms with Crippen molar-refractivity contribution in [1.29, 1.82) is 0 Å². The van der Waals surface area contributed by atoms with Gasteiger partial charge in [0.25, 0.3) is 0 Å². The van der Waals surface area contributed by atoms with Crippen LogP contribution >= 0.6 is 22.6 Å². The van der Waals surface area contributed by atoms with Crippen LogP contribution in [0.1, 0.15) is 38.2 Å². The van der Waals surface area contributed by atoms with Crippen LogP contribution in [-0.4, -0.2) is 29.1 Å². The number of hydrogen-bond acceptors (Lipinski definition) is 2. The average molecular weight is 373 g/mol. The normalized spacial score (nSPS) is 20.5. The summed E-state index contributed by atoms with van der Waals surface area (Å²) in [5.41, 5.74) is -0.0309. The quantitative estimate of drug-likeness (QED) is 0.825. The van der Waals surface area contributed by atoms with E-state index in [0.717, 1.165) is 35.1 Å². The van der Waals surface area contributed by atoms with E-state index in [-0.39, 0.29) is 0 Å². The fourth-order valence-corrected chi connectivity index (χ4v) is 3.09. The molecule has 3 nitrogen and oxygen atoms in total. The van der Waals surface area contributed by atoms with Crippen molar-refractivity contribution in [3.05, 3.63) is 33.4 Å². The first kappa shape index (κ1) is 14.8. The highest BCUT2D eigenvalue weighted by molar-refractivity contribution is 14.1. The minimum atomic E-state index is -0.908. The van der Waals surface area contributed by atoms with E-state index in [0.29, 0.717) is 0 Å². The van der Waals surface area contributed by atoms with Gasteiger partial charge in [-0.2, -0.15) is 0 Å². The third-order valence-electron chi connectivity index (χ3n) is 4.06. The Kier molecular flexibility index (Phi) is 4.84. The molecular formula is C15H20INO2. The predicted molar refractivity (Wildman–Crippen MR) is 84.2 cm³/mol. The molecule has 19 heavy (non-hydrogen) atoms. The molecule has 1 aromatic carbocycles.